The Balaban J connectivity index is 1.65. The van der Waals surface area contributed by atoms with E-state index in [1.165, 1.54) is 26.4 Å². The van der Waals surface area contributed by atoms with Gasteiger partial charge in [-0.25, -0.2) is 4.39 Å². The van der Waals surface area contributed by atoms with E-state index in [1.54, 1.807) is 25.1 Å². The van der Waals surface area contributed by atoms with Gasteiger partial charge in [-0.2, -0.15) is 0 Å². The lowest BCUT2D eigenvalue weighted by atomic mass is 9.73. The normalized spacial score (nSPS) is 26.0. The molecule has 0 saturated carbocycles. The Labute approximate surface area is 188 Å². The molecule has 0 fully saturated rings. The number of ether oxygens (including phenoxy) is 4. The van der Waals surface area contributed by atoms with Crippen LogP contribution in [0.1, 0.15) is 41.8 Å². The van der Waals surface area contributed by atoms with E-state index in [0.29, 0.717) is 11.1 Å². The maximum atomic E-state index is 14.5. The van der Waals surface area contributed by atoms with Gasteiger partial charge in [0.1, 0.15) is 34.0 Å². The highest BCUT2D eigenvalue weighted by Crippen LogP contribution is 2.58. The quantitative estimate of drug-likeness (QED) is 0.655. The molecule has 2 aromatic rings. The number of carbonyl (C=O) groups is 2. The summed E-state index contributed by atoms with van der Waals surface area (Å²) in [5.74, 6) is -0.735. The van der Waals surface area contributed by atoms with Gasteiger partial charge in [0.25, 0.3) is 0 Å². The van der Waals surface area contributed by atoms with Crippen LogP contribution in [0.25, 0.3) is 0 Å². The Bertz CT molecular complexity index is 1210. The zero-order valence-corrected chi connectivity index (χ0v) is 18.4. The molecule has 1 spiro atoms. The molecule has 3 aliphatic rings. The van der Waals surface area contributed by atoms with Gasteiger partial charge < -0.3 is 18.9 Å². The summed E-state index contributed by atoms with van der Waals surface area (Å²) >= 11 is 6.48. The van der Waals surface area contributed by atoms with Crippen LogP contribution in [0.4, 0.5) is 4.39 Å². The SMILES string of the molecule is COc1cc(OC)c2c(c1Cl)O[C@]1(C2=O)C2=C(C[C@@H](c3ccccc3F)O2)C(=O)C[C@H]1C. The molecular weight excluding hydrogens is 439 g/mol. The van der Waals surface area contributed by atoms with Gasteiger partial charge in [-0.05, 0) is 6.07 Å². The first-order valence-electron chi connectivity index (χ1n) is 10.2. The highest BCUT2D eigenvalue weighted by molar-refractivity contribution is 6.35. The highest BCUT2D eigenvalue weighted by Gasteiger charge is 2.63. The molecule has 0 N–H and O–H groups in total. The topological polar surface area (TPSA) is 71.1 Å². The standard InChI is InChI=1S/C24H20ClFO6/c1-11-8-15(27)13-9-16(12-6-4-5-7-14(12)26)31-23(13)24(11)22(28)19-17(29-2)10-18(30-3)20(25)21(19)32-24/h4-7,10-11,16H,8-9H2,1-3H3/t11-,16+,24-/m1/s1. The minimum Gasteiger partial charge on any atom is -0.496 e. The van der Waals surface area contributed by atoms with Gasteiger partial charge in [0.2, 0.25) is 11.4 Å². The van der Waals surface area contributed by atoms with Crippen molar-refractivity contribution in [2.45, 2.75) is 31.5 Å². The summed E-state index contributed by atoms with van der Waals surface area (Å²) in [7, 11) is 2.88. The Hall–Kier alpha value is -3.06. The molecule has 0 radical (unpaired) electrons. The maximum absolute atomic E-state index is 14.5. The fourth-order valence-corrected chi connectivity index (χ4v) is 5.10. The van der Waals surface area contributed by atoms with Gasteiger partial charge in [0.05, 0.1) is 14.2 Å². The fraction of sp³-hybridized carbons (Fsp3) is 0.333. The second kappa shape index (κ2) is 7.24. The Morgan fingerprint density at radius 3 is 2.53 bits per heavy atom. The summed E-state index contributed by atoms with van der Waals surface area (Å²) in [4.78, 5) is 26.8. The third-order valence-corrected chi connectivity index (χ3v) is 6.81. The number of Topliss-reactive ketones (excluding diaryl/α,β-unsaturated/α-hetero) is 2. The highest BCUT2D eigenvalue weighted by atomic mass is 35.5. The third-order valence-electron chi connectivity index (χ3n) is 6.45. The molecule has 0 aromatic heterocycles. The molecule has 0 unspecified atom stereocenters. The molecule has 2 aliphatic heterocycles. The molecule has 2 aromatic carbocycles. The van der Waals surface area contributed by atoms with Crippen molar-refractivity contribution in [3.05, 3.63) is 63.6 Å². The number of carbonyl (C=O) groups excluding carboxylic acids is 2. The monoisotopic (exact) mass is 458 g/mol. The van der Waals surface area contributed by atoms with Crippen molar-refractivity contribution in [1.29, 1.82) is 0 Å². The Morgan fingerprint density at radius 1 is 1.12 bits per heavy atom. The second-order valence-electron chi connectivity index (χ2n) is 8.13. The van der Waals surface area contributed by atoms with Crippen LogP contribution >= 0.6 is 11.6 Å². The number of ketones is 2. The van der Waals surface area contributed by atoms with E-state index < -0.39 is 29.2 Å². The summed E-state index contributed by atoms with van der Waals surface area (Å²) < 4.78 is 37.6. The van der Waals surface area contributed by atoms with Gasteiger partial charge in [-0.1, -0.05) is 36.7 Å². The third kappa shape index (κ3) is 2.64. The van der Waals surface area contributed by atoms with Crippen LogP contribution in [0.3, 0.4) is 0 Å². The summed E-state index contributed by atoms with van der Waals surface area (Å²) in [6.45, 7) is 1.75. The zero-order valence-electron chi connectivity index (χ0n) is 17.7. The first kappa shape index (κ1) is 20.8. The smallest absolute Gasteiger partial charge is 0.231 e. The van der Waals surface area contributed by atoms with Gasteiger partial charge in [-0.3, -0.25) is 9.59 Å². The molecule has 0 saturated heterocycles. The van der Waals surface area contributed by atoms with Crippen LogP contribution in [-0.2, 0) is 9.53 Å². The predicted octanol–water partition coefficient (Wildman–Crippen LogP) is 4.83. The van der Waals surface area contributed by atoms with Crippen molar-refractivity contribution in [2.24, 2.45) is 5.92 Å². The van der Waals surface area contributed by atoms with E-state index in [2.05, 4.69) is 0 Å². The molecule has 5 rings (SSSR count). The van der Waals surface area contributed by atoms with E-state index in [9.17, 15) is 14.0 Å². The number of hydrogen-bond donors (Lipinski definition) is 0. The van der Waals surface area contributed by atoms with E-state index >= 15 is 0 Å². The average molecular weight is 459 g/mol. The molecule has 0 bridgehead atoms. The lowest BCUT2D eigenvalue weighted by Crippen LogP contribution is -2.52. The van der Waals surface area contributed by atoms with Crippen LogP contribution in [0, 0.1) is 11.7 Å². The van der Waals surface area contributed by atoms with Crippen LogP contribution in [0.2, 0.25) is 5.02 Å². The molecule has 1 aliphatic carbocycles. The van der Waals surface area contributed by atoms with Crippen molar-refractivity contribution in [2.75, 3.05) is 14.2 Å². The van der Waals surface area contributed by atoms with Crippen LogP contribution in [0.5, 0.6) is 17.2 Å². The Kier molecular flexibility index (Phi) is 4.71. The largest absolute Gasteiger partial charge is 0.496 e. The summed E-state index contributed by atoms with van der Waals surface area (Å²) in [5.41, 5.74) is -0.754. The van der Waals surface area contributed by atoms with Gasteiger partial charge in [0, 0.05) is 36.0 Å². The number of methoxy groups -OCH3 is 2. The first-order valence-corrected chi connectivity index (χ1v) is 10.6. The van der Waals surface area contributed by atoms with Crippen molar-refractivity contribution in [1.82, 2.24) is 0 Å². The predicted molar refractivity (Wildman–Crippen MR) is 113 cm³/mol. The minimum atomic E-state index is -1.59. The first-order chi connectivity index (χ1) is 15.3. The molecule has 166 valence electrons. The molecule has 8 heteroatoms. The lowest BCUT2D eigenvalue weighted by molar-refractivity contribution is -0.119. The average Bonchev–Trinajstić information content (AvgIpc) is 3.35. The van der Waals surface area contributed by atoms with Crippen molar-refractivity contribution in [3.63, 3.8) is 0 Å². The fourth-order valence-electron chi connectivity index (χ4n) is 4.84. The van der Waals surface area contributed by atoms with Crippen LogP contribution < -0.4 is 14.2 Å². The zero-order chi connectivity index (χ0) is 22.8. The van der Waals surface area contributed by atoms with Crippen LogP contribution in [0.15, 0.2) is 41.7 Å². The molecule has 32 heavy (non-hydrogen) atoms. The van der Waals surface area contributed by atoms with Crippen molar-refractivity contribution in [3.8, 4) is 17.2 Å². The summed E-state index contributed by atoms with van der Waals surface area (Å²) in [5, 5.41) is 0.128. The number of rotatable bonds is 3. The second-order valence-corrected chi connectivity index (χ2v) is 8.51. The molecular formula is C24H20ClFO6. The van der Waals surface area contributed by atoms with Gasteiger partial charge >= 0.3 is 0 Å². The van der Waals surface area contributed by atoms with E-state index in [-0.39, 0.29) is 52.2 Å². The van der Waals surface area contributed by atoms with Crippen molar-refractivity contribution >= 4 is 23.2 Å². The van der Waals surface area contributed by atoms with E-state index in [4.69, 9.17) is 30.5 Å². The van der Waals surface area contributed by atoms with Crippen LogP contribution in [-0.4, -0.2) is 31.4 Å². The van der Waals surface area contributed by atoms with E-state index in [1.807, 2.05) is 0 Å². The summed E-state index contributed by atoms with van der Waals surface area (Å²) in [6.07, 6.45) is -0.493. The molecule has 2 heterocycles. The number of hydrogen-bond acceptors (Lipinski definition) is 6. The van der Waals surface area contributed by atoms with Gasteiger partial charge in [0.15, 0.2) is 17.3 Å². The van der Waals surface area contributed by atoms with E-state index in [0.717, 1.165) is 0 Å². The Morgan fingerprint density at radius 2 is 1.84 bits per heavy atom. The lowest BCUT2D eigenvalue weighted by Gasteiger charge is -2.37. The van der Waals surface area contributed by atoms with Crippen molar-refractivity contribution < 1.29 is 32.9 Å². The minimum absolute atomic E-state index is 0.0863. The maximum Gasteiger partial charge on any atom is 0.231 e. The number of halogens is 2. The molecule has 6 nitrogen and oxygen atoms in total. The number of fused-ring (bicyclic) bond motifs is 2. The number of benzene rings is 2. The molecule has 0 amide bonds. The summed E-state index contributed by atoms with van der Waals surface area (Å²) in [6, 6.07) is 7.74. The van der Waals surface area contributed by atoms with Gasteiger partial charge in [-0.15, -0.1) is 0 Å². The molecule has 3 atom stereocenters.